The molecular formula is C11H15N3O. The Morgan fingerprint density at radius 1 is 1.67 bits per heavy atom. The fourth-order valence-corrected chi connectivity index (χ4v) is 2.32. The Balaban J connectivity index is 2.26. The van der Waals surface area contributed by atoms with E-state index in [1.807, 2.05) is 10.9 Å². The minimum atomic E-state index is 0.122. The molecule has 1 aliphatic rings. The topological polar surface area (TPSA) is 61.8 Å². The fourth-order valence-electron chi connectivity index (χ4n) is 2.32. The summed E-state index contributed by atoms with van der Waals surface area (Å²) in [5.41, 5.74) is 2.44. The Bertz CT molecular complexity index is 378. The van der Waals surface area contributed by atoms with E-state index in [2.05, 4.69) is 11.2 Å². The van der Waals surface area contributed by atoms with Gasteiger partial charge in [-0.15, -0.1) is 0 Å². The molecule has 0 aliphatic heterocycles. The number of aromatic nitrogens is 2. The smallest absolute Gasteiger partial charge is 0.0644 e. The zero-order chi connectivity index (χ0) is 10.7. The lowest BCUT2D eigenvalue weighted by Crippen LogP contribution is -2.14. The highest BCUT2D eigenvalue weighted by molar-refractivity contribution is 5.26. The largest absolute Gasteiger partial charge is 0.394 e. The fraction of sp³-hybridized carbons (Fsp3) is 0.636. The van der Waals surface area contributed by atoms with Crippen molar-refractivity contribution in [3.05, 3.63) is 17.5 Å². The van der Waals surface area contributed by atoms with Crippen LogP contribution in [0.25, 0.3) is 0 Å². The zero-order valence-corrected chi connectivity index (χ0v) is 8.69. The number of aliphatic hydroxyl groups is 1. The van der Waals surface area contributed by atoms with E-state index in [1.54, 1.807) is 0 Å². The Morgan fingerprint density at radius 2 is 2.53 bits per heavy atom. The first-order valence-electron chi connectivity index (χ1n) is 5.39. The van der Waals surface area contributed by atoms with Crippen LogP contribution in [0.5, 0.6) is 0 Å². The van der Waals surface area contributed by atoms with Crippen LogP contribution >= 0.6 is 0 Å². The summed E-state index contributed by atoms with van der Waals surface area (Å²) in [4.78, 5) is 0. The van der Waals surface area contributed by atoms with Gasteiger partial charge in [0.15, 0.2) is 0 Å². The third-order valence-corrected chi connectivity index (χ3v) is 3.04. The third-order valence-electron chi connectivity index (χ3n) is 3.04. The second-order valence-electron chi connectivity index (χ2n) is 3.94. The van der Waals surface area contributed by atoms with Crippen LogP contribution < -0.4 is 0 Å². The molecule has 0 aromatic carbocycles. The van der Waals surface area contributed by atoms with E-state index in [9.17, 15) is 0 Å². The van der Waals surface area contributed by atoms with E-state index in [0.717, 1.165) is 19.3 Å². The molecule has 1 heterocycles. The van der Waals surface area contributed by atoms with Crippen LogP contribution in [0.2, 0.25) is 0 Å². The second kappa shape index (κ2) is 4.45. The van der Waals surface area contributed by atoms with Gasteiger partial charge in [0, 0.05) is 18.0 Å². The molecule has 4 nitrogen and oxygen atoms in total. The van der Waals surface area contributed by atoms with Crippen molar-refractivity contribution in [1.29, 1.82) is 5.26 Å². The molecule has 0 saturated heterocycles. The summed E-state index contributed by atoms with van der Waals surface area (Å²) in [5.74, 6) is 0.353. The van der Waals surface area contributed by atoms with Crippen LogP contribution in [0, 0.1) is 11.3 Å². The molecule has 0 spiro atoms. The molecule has 15 heavy (non-hydrogen) atoms. The van der Waals surface area contributed by atoms with E-state index in [1.165, 1.54) is 11.3 Å². The van der Waals surface area contributed by atoms with Crippen molar-refractivity contribution in [1.82, 2.24) is 9.78 Å². The van der Waals surface area contributed by atoms with Crippen LogP contribution in [0.15, 0.2) is 6.20 Å². The first-order chi connectivity index (χ1) is 7.36. The quantitative estimate of drug-likeness (QED) is 0.806. The van der Waals surface area contributed by atoms with Gasteiger partial charge in [-0.3, -0.25) is 4.68 Å². The highest BCUT2D eigenvalue weighted by atomic mass is 16.3. The molecule has 0 radical (unpaired) electrons. The molecule has 4 heteroatoms. The lowest BCUT2D eigenvalue weighted by Gasteiger charge is -2.20. The molecular weight excluding hydrogens is 190 g/mol. The SMILES string of the molecule is N#CCC1CCCc2c1cnn2CCO. The summed E-state index contributed by atoms with van der Waals surface area (Å²) >= 11 is 0. The number of nitriles is 1. The molecule has 1 aromatic heterocycles. The summed E-state index contributed by atoms with van der Waals surface area (Å²) in [6, 6.07) is 2.23. The molecule has 2 rings (SSSR count). The van der Waals surface area contributed by atoms with E-state index < -0.39 is 0 Å². The molecule has 0 saturated carbocycles. The Labute approximate surface area is 89.1 Å². The molecule has 1 aromatic rings. The maximum atomic E-state index is 8.90. The van der Waals surface area contributed by atoms with Crippen molar-refractivity contribution in [3.8, 4) is 6.07 Å². The zero-order valence-electron chi connectivity index (χ0n) is 8.69. The Morgan fingerprint density at radius 3 is 3.27 bits per heavy atom. The lowest BCUT2D eigenvalue weighted by atomic mass is 9.85. The van der Waals surface area contributed by atoms with Crippen molar-refractivity contribution >= 4 is 0 Å². The number of aliphatic hydroxyl groups excluding tert-OH is 1. The van der Waals surface area contributed by atoms with E-state index in [-0.39, 0.29) is 6.61 Å². The first-order valence-corrected chi connectivity index (χ1v) is 5.39. The van der Waals surface area contributed by atoms with Crippen LogP contribution in [-0.2, 0) is 13.0 Å². The average Bonchev–Trinajstić information content (AvgIpc) is 2.64. The highest BCUT2D eigenvalue weighted by Crippen LogP contribution is 2.33. The highest BCUT2D eigenvalue weighted by Gasteiger charge is 2.23. The van der Waals surface area contributed by atoms with Gasteiger partial charge in [-0.25, -0.2) is 0 Å². The van der Waals surface area contributed by atoms with Gasteiger partial charge in [0.1, 0.15) is 0 Å². The number of hydrogen-bond donors (Lipinski definition) is 1. The van der Waals surface area contributed by atoms with E-state index >= 15 is 0 Å². The van der Waals surface area contributed by atoms with E-state index in [0.29, 0.717) is 18.9 Å². The Kier molecular flexibility index (Phi) is 3.02. The molecule has 1 N–H and O–H groups in total. The normalized spacial score (nSPS) is 19.6. The van der Waals surface area contributed by atoms with Crippen LogP contribution in [-0.4, -0.2) is 21.5 Å². The van der Waals surface area contributed by atoms with Crippen molar-refractivity contribution in [2.45, 2.75) is 38.1 Å². The summed E-state index contributed by atoms with van der Waals surface area (Å²) in [6.45, 7) is 0.686. The van der Waals surface area contributed by atoms with Crippen LogP contribution in [0.1, 0.15) is 36.4 Å². The summed E-state index contributed by atoms with van der Waals surface area (Å²) in [5, 5.41) is 21.9. The molecule has 0 bridgehead atoms. The third kappa shape index (κ3) is 1.88. The van der Waals surface area contributed by atoms with Gasteiger partial charge in [0.2, 0.25) is 0 Å². The van der Waals surface area contributed by atoms with E-state index in [4.69, 9.17) is 10.4 Å². The standard InChI is InChI=1S/C11H15N3O/c12-5-4-9-2-1-3-11-10(9)8-13-14(11)6-7-15/h8-9,15H,1-4,6-7H2. The van der Waals surface area contributed by atoms with Gasteiger partial charge in [-0.2, -0.15) is 10.4 Å². The van der Waals surface area contributed by atoms with Crippen LogP contribution in [0.4, 0.5) is 0 Å². The molecule has 1 aliphatic carbocycles. The number of fused-ring (bicyclic) bond motifs is 1. The summed E-state index contributed by atoms with van der Waals surface area (Å²) < 4.78 is 1.87. The first kappa shape index (κ1) is 10.2. The minimum Gasteiger partial charge on any atom is -0.394 e. The molecule has 1 unspecified atom stereocenters. The van der Waals surface area contributed by atoms with Crippen molar-refractivity contribution in [2.24, 2.45) is 0 Å². The van der Waals surface area contributed by atoms with Crippen LogP contribution in [0.3, 0.4) is 0 Å². The molecule has 80 valence electrons. The predicted octanol–water partition coefficient (Wildman–Crippen LogP) is 1.21. The van der Waals surface area contributed by atoms with Crippen molar-refractivity contribution in [3.63, 3.8) is 0 Å². The van der Waals surface area contributed by atoms with Gasteiger partial charge in [-0.1, -0.05) is 0 Å². The summed E-state index contributed by atoms with van der Waals surface area (Å²) in [6.07, 6.45) is 5.68. The Hall–Kier alpha value is -1.34. The van der Waals surface area contributed by atoms with Crippen molar-refractivity contribution in [2.75, 3.05) is 6.61 Å². The average molecular weight is 205 g/mol. The van der Waals surface area contributed by atoms with Gasteiger partial charge in [0.25, 0.3) is 0 Å². The monoisotopic (exact) mass is 205 g/mol. The lowest BCUT2D eigenvalue weighted by molar-refractivity contribution is 0.266. The van der Waals surface area contributed by atoms with Gasteiger partial charge < -0.3 is 5.11 Å². The molecule has 1 atom stereocenters. The van der Waals surface area contributed by atoms with Crippen molar-refractivity contribution < 1.29 is 5.11 Å². The van der Waals surface area contributed by atoms with Gasteiger partial charge >= 0.3 is 0 Å². The number of hydrogen-bond acceptors (Lipinski definition) is 3. The van der Waals surface area contributed by atoms with Gasteiger partial charge in [0.05, 0.1) is 25.4 Å². The minimum absolute atomic E-state index is 0.122. The predicted molar refractivity (Wildman–Crippen MR) is 55.2 cm³/mol. The second-order valence-corrected chi connectivity index (χ2v) is 3.94. The van der Waals surface area contributed by atoms with Gasteiger partial charge in [-0.05, 0) is 24.8 Å². The number of rotatable bonds is 3. The maximum Gasteiger partial charge on any atom is 0.0644 e. The molecule has 0 amide bonds. The maximum absolute atomic E-state index is 8.90. The number of nitrogens with zero attached hydrogens (tertiary/aromatic N) is 3. The molecule has 0 fully saturated rings. The summed E-state index contributed by atoms with van der Waals surface area (Å²) in [7, 11) is 0.